The summed E-state index contributed by atoms with van der Waals surface area (Å²) in [6.07, 6.45) is 0.661. The third kappa shape index (κ3) is 3.95. The number of aliphatic hydroxyl groups is 1. The highest BCUT2D eigenvalue weighted by molar-refractivity contribution is 5.81. The van der Waals surface area contributed by atoms with Crippen LogP contribution in [0.15, 0.2) is 23.0 Å². The number of hydrogen-bond donors (Lipinski definition) is 4. The molecule has 6 nitrogen and oxygen atoms in total. The van der Waals surface area contributed by atoms with E-state index in [9.17, 15) is 9.90 Å². The highest BCUT2D eigenvalue weighted by atomic mass is 16.3. The minimum absolute atomic E-state index is 0.252. The summed E-state index contributed by atoms with van der Waals surface area (Å²) in [7, 11) is 0. The van der Waals surface area contributed by atoms with Crippen molar-refractivity contribution in [1.82, 2.24) is 9.97 Å². The van der Waals surface area contributed by atoms with Gasteiger partial charge in [-0.15, -0.1) is 0 Å². The van der Waals surface area contributed by atoms with Gasteiger partial charge in [-0.3, -0.25) is 9.78 Å². The molecule has 5 N–H and O–H groups in total. The smallest absolute Gasteiger partial charge is 0.260 e. The summed E-state index contributed by atoms with van der Waals surface area (Å²) in [4.78, 5) is 19.0. The molecular weight excluding hydrogens is 268 g/mol. The van der Waals surface area contributed by atoms with Crippen LogP contribution in [0.4, 0.5) is 11.6 Å². The van der Waals surface area contributed by atoms with Crippen LogP contribution in [-0.2, 0) is 0 Å². The van der Waals surface area contributed by atoms with Crippen molar-refractivity contribution in [1.29, 1.82) is 0 Å². The summed E-state index contributed by atoms with van der Waals surface area (Å²) >= 11 is 0. The Morgan fingerprint density at radius 1 is 1.48 bits per heavy atom. The Hall–Kier alpha value is -2.08. The van der Waals surface area contributed by atoms with Crippen molar-refractivity contribution in [3.8, 4) is 0 Å². The molecule has 1 aromatic carbocycles. The largest absolute Gasteiger partial charge is 0.399 e. The number of nitrogen functional groups attached to an aromatic ring is 1. The Bertz CT molecular complexity index is 692. The average Bonchev–Trinajstić information content (AvgIpc) is 2.36. The van der Waals surface area contributed by atoms with E-state index in [1.165, 1.54) is 0 Å². The van der Waals surface area contributed by atoms with E-state index in [0.717, 1.165) is 0 Å². The second-order valence-electron chi connectivity index (χ2n) is 6.14. The number of aromatic amines is 1. The van der Waals surface area contributed by atoms with Crippen LogP contribution in [0.5, 0.6) is 0 Å². The summed E-state index contributed by atoms with van der Waals surface area (Å²) in [6, 6.07) is 5.00. The number of nitrogens with zero attached hydrogens (tertiary/aromatic N) is 1. The number of benzene rings is 1. The second kappa shape index (κ2) is 5.73. The lowest BCUT2D eigenvalue weighted by Crippen LogP contribution is -2.35. The number of anilines is 2. The van der Waals surface area contributed by atoms with Gasteiger partial charge in [0.05, 0.1) is 16.5 Å². The molecule has 0 radical (unpaired) electrons. The predicted molar refractivity (Wildman–Crippen MR) is 85.3 cm³/mol. The van der Waals surface area contributed by atoms with E-state index in [2.05, 4.69) is 29.1 Å². The molecular formula is C15H22N4O2. The monoisotopic (exact) mass is 290 g/mol. The number of nitrogens with two attached hydrogens (primary N) is 1. The van der Waals surface area contributed by atoms with Crippen LogP contribution < -0.4 is 16.6 Å². The maximum atomic E-state index is 12.0. The molecule has 0 saturated heterocycles. The Kier molecular flexibility index (Phi) is 4.18. The van der Waals surface area contributed by atoms with Crippen molar-refractivity contribution in [2.75, 3.05) is 17.6 Å². The fourth-order valence-corrected chi connectivity index (χ4v) is 2.47. The zero-order chi connectivity index (χ0) is 15.6. The molecule has 0 aliphatic carbocycles. The van der Waals surface area contributed by atoms with Crippen LogP contribution >= 0.6 is 0 Å². The average molecular weight is 290 g/mol. The van der Waals surface area contributed by atoms with Gasteiger partial charge in [0.1, 0.15) is 0 Å². The zero-order valence-corrected chi connectivity index (χ0v) is 12.6. The van der Waals surface area contributed by atoms with Crippen molar-refractivity contribution in [3.05, 3.63) is 28.6 Å². The predicted octanol–water partition coefficient (Wildman–Crippen LogP) is 1.71. The molecule has 1 unspecified atom stereocenters. The molecule has 6 heteroatoms. The van der Waals surface area contributed by atoms with E-state index >= 15 is 0 Å². The van der Waals surface area contributed by atoms with Gasteiger partial charge in [-0.25, -0.2) is 4.98 Å². The lowest BCUT2D eigenvalue weighted by Gasteiger charge is -2.25. The van der Waals surface area contributed by atoms with Gasteiger partial charge in [0, 0.05) is 12.2 Å². The summed E-state index contributed by atoms with van der Waals surface area (Å²) in [5.41, 5.74) is 5.65. The van der Waals surface area contributed by atoms with Crippen molar-refractivity contribution in [2.45, 2.75) is 32.8 Å². The van der Waals surface area contributed by atoms with Gasteiger partial charge in [0.2, 0.25) is 5.95 Å². The highest BCUT2D eigenvalue weighted by Gasteiger charge is 2.21. The summed E-state index contributed by atoms with van der Waals surface area (Å²) in [5, 5.41) is 13.7. The lowest BCUT2D eigenvalue weighted by molar-refractivity contribution is 0.0514. The van der Waals surface area contributed by atoms with Crippen molar-refractivity contribution in [2.24, 2.45) is 5.92 Å². The van der Waals surface area contributed by atoms with Crippen LogP contribution in [0.2, 0.25) is 0 Å². The van der Waals surface area contributed by atoms with Gasteiger partial charge in [-0.2, -0.15) is 0 Å². The Morgan fingerprint density at radius 3 is 2.86 bits per heavy atom. The number of fused-ring (bicyclic) bond motifs is 1. The van der Waals surface area contributed by atoms with Crippen molar-refractivity contribution < 1.29 is 5.11 Å². The fraction of sp³-hybridized carbons (Fsp3) is 0.467. The maximum absolute atomic E-state index is 12.0. The Balaban J connectivity index is 2.20. The summed E-state index contributed by atoms with van der Waals surface area (Å²) in [5.74, 6) is 0.731. The minimum atomic E-state index is -0.858. The molecule has 1 atom stereocenters. The number of rotatable bonds is 5. The molecule has 114 valence electrons. The topological polar surface area (TPSA) is 104 Å². The molecule has 0 aliphatic rings. The van der Waals surface area contributed by atoms with Crippen molar-refractivity contribution in [3.63, 3.8) is 0 Å². The molecule has 21 heavy (non-hydrogen) atoms. The molecule has 1 aromatic heterocycles. The van der Waals surface area contributed by atoms with Gasteiger partial charge >= 0.3 is 0 Å². The molecule has 2 rings (SSSR count). The molecule has 0 fully saturated rings. The molecule has 0 saturated carbocycles. The minimum Gasteiger partial charge on any atom is -0.399 e. The molecule has 0 amide bonds. The van der Waals surface area contributed by atoms with Gasteiger partial charge in [-0.1, -0.05) is 13.8 Å². The van der Waals surface area contributed by atoms with Crippen LogP contribution in [0.3, 0.4) is 0 Å². The summed E-state index contributed by atoms with van der Waals surface area (Å²) < 4.78 is 0. The first-order valence-electron chi connectivity index (χ1n) is 7.03. The number of hydrogen-bond acceptors (Lipinski definition) is 5. The molecule has 0 aliphatic heterocycles. The Morgan fingerprint density at radius 2 is 2.19 bits per heavy atom. The molecule has 0 spiro atoms. The first-order valence-corrected chi connectivity index (χ1v) is 7.03. The van der Waals surface area contributed by atoms with Crippen molar-refractivity contribution >= 4 is 22.5 Å². The first kappa shape index (κ1) is 15.3. The normalized spacial score (nSPS) is 14.3. The van der Waals surface area contributed by atoms with Crippen LogP contribution in [0.1, 0.15) is 27.2 Å². The molecule has 0 bridgehead atoms. The van der Waals surface area contributed by atoms with E-state index < -0.39 is 5.60 Å². The van der Waals surface area contributed by atoms with E-state index in [1.807, 2.05) is 0 Å². The lowest BCUT2D eigenvalue weighted by atomic mass is 9.94. The van der Waals surface area contributed by atoms with E-state index in [4.69, 9.17) is 5.73 Å². The number of nitrogens with one attached hydrogen (secondary N) is 2. The summed E-state index contributed by atoms with van der Waals surface area (Å²) in [6.45, 7) is 6.18. The van der Waals surface area contributed by atoms with Gasteiger partial charge in [-0.05, 0) is 37.5 Å². The van der Waals surface area contributed by atoms with Gasteiger partial charge in [0.25, 0.3) is 5.56 Å². The quantitative estimate of drug-likeness (QED) is 0.628. The van der Waals surface area contributed by atoms with Crippen LogP contribution in [0.25, 0.3) is 10.9 Å². The van der Waals surface area contributed by atoms with Gasteiger partial charge in [0.15, 0.2) is 0 Å². The molecule has 2 aromatic rings. The van der Waals surface area contributed by atoms with E-state index in [1.54, 1.807) is 25.1 Å². The van der Waals surface area contributed by atoms with E-state index in [0.29, 0.717) is 41.4 Å². The SMILES string of the molecule is CC(C)CC(C)(O)CNc1nc2ccc(N)cc2c(=O)[nH]1. The number of H-pyrrole nitrogens is 1. The second-order valence-corrected chi connectivity index (χ2v) is 6.14. The third-order valence-electron chi connectivity index (χ3n) is 3.21. The first-order chi connectivity index (χ1) is 9.77. The maximum Gasteiger partial charge on any atom is 0.260 e. The fourth-order valence-electron chi connectivity index (χ4n) is 2.47. The van der Waals surface area contributed by atoms with E-state index in [-0.39, 0.29) is 5.56 Å². The third-order valence-corrected chi connectivity index (χ3v) is 3.21. The van der Waals surface area contributed by atoms with Gasteiger partial charge < -0.3 is 16.2 Å². The molecule has 1 heterocycles. The Labute approximate surface area is 123 Å². The number of aromatic nitrogens is 2. The van der Waals surface area contributed by atoms with Crippen LogP contribution in [0, 0.1) is 5.92 Å². The standard InChI is InChI=1S/C15H22N4O2/c1-9(2)7-15(3,21)8-17-14-18-12-5-4-10(16)6-11(12)13(20)19-14/h4-6,9,21H,7-8,16H2,1-3H3,(H2,17,18,19,20). The zero-order valence-electron chi connectivity index (χ0n) is 12.6. The highest BCUT2D eigenvalue weighted by Crippen LogP contribution is 2.17. The van der Waals surface area contributed by atoms with Crippen LogP contribution in [-0.4, -0.2) is 27.2 Å².